The number of ether oxygens (including phenoxy) is 5. The molecule has 1 aromatic rings. The first-order valence-electron chi connectivity index (χ1n) is 9.85. The number of rotatable bonds is 7. The standard InChI is InChI=1S/C21H24ClNO10/c1-10(24)23-17-19(31-13(4)27)18(30-12(3)26)16(9-29-11(2)25)32-21(17)33-20(28)14-7-5-6-8-15(14)22/h5-8,16-19,21H,9H2,1-4H3,(H,23,24). The molecule has 5 unspecified atom stereocenters. The van der Waals surface area contributed by atoms with Gasteiger partial charge in [0.25, 0.3) is 0 Å². The minimum atomic E-state index is -1.52. The molecule has 5 atom stereocenters. The molecule has 0 spiro atoms. The Balaban J connectivity index is 2.45. The third-order valence-corrected chi connectivity index (χ3v) is 4.72. The number of carbonyl (C=O) groups excluding carboxylic acids is 5. The van der Waals surface area contributed by atoms with Crippen molar-refractivity contribution in [2.75, 3.05) is 6.61 Å². The molecule has 1 fully saturated rings. The van der Waals surface area contributed by atoms with Crippen molar-refractivity contribution in [2.45, 2.75) is 58.3 Å². The van der Waals surface area contributed by atoms with Crippen LogP contribution in [0.2, 0.25) is 5.02 Å². The lowest BCUT2D eigenvalue weighted by Gasteiger charge is -2.44. The summed E-state index contributed by atoms with van der Waals surface area (Å²) in [4.78, 5) is 59.5. The van der Waals surface area contributed by atoms with Crippen molar-refractivity contribution >= 4 is 41.4 Å². The maximum absolute atomic E-state index is 12.7. The Labute approximate surface area is 194 Å². The normalized spacial score (nSPS) is 24.2. The van der Waals surface area contributed by atoms with Crippen molar-refractivity contribution in [1.29, 1.82) is 0 Å². The second kappa shape index (κ2) is 11.6. The van der Waals surface area contributed by atoms with Crippen molar-refractivity contribution in [3.8, 4) is 0 Å². The SMILES string of the molecule is CC(=O)NC1C(OC(=O)c2ccccc2Cl)OC(COC(C)=O)C(OC(C)=O)C1OC(C)=O. The molecule has 1 aromatic carbocycles. The van der Waals surface area contributed by atoms with Gasteiger partial charge in [0.15, 0.2) is 12.2 Å². The van der Waals surface area contributed by atoms with Gasteiger partial charge in [-0.2, -0.15) is 0 Å². The summed E-state index contributed by atoms with van der Waals surface area (Å²) >= 11 is 6.05. The van der Waals surface area contributed by atoms with Gasteiger partial charge in [0, 0.05) is 27.7 Å². The highest BCUT2D eigenvalue weighted by Gasteiger charge is 2.52. The van der Waals surface area contributed by atoms with E-state index >= 15 is 0 Å². The molecule has 0 aromatic heterocycles. The number of hydrogen-bond acceptors (Lipinski definition) is 10. The zero-order chi connectivity index (χ0) is 24.7. The van der Waals surface area contributed by atoms with Crippen LogP contribution in [-0.2, 0) is 42.9 Å². The van der Waals surface area contributed by atoms with Gasteiger partial charge in [0.2, 0.25) is 12.2 Å². The number of halogens is 1. The predicted octanol–water partition coefficient (Wildman–Crippen LogP) is 1.15. The Bertz CT molecular complexity index is 920. The van der Waals surface area contributed by atoms with E-state index in [0.717, 1.165) is 20.8 Å². The highest BCUT2D eigenvalue weighted by Crippen LogP contribution is 2.29. The molecule has 1 amide bonds. The van der Waals surface area contributed by atoms with Gasteiger partial charge in [-0.15, -0.1) is 0 Å². The van der Waals surface area contributed by atoms with Gasteiger partial charge in [-0.1, -0.05) is 23.7 Å². The Morgan fingerprint density at radius 3 is 2.06 bits per heavy atom. The average molecular weight is 486 g/mol. The lowest BCUT2D eigenvalue weighted by molar-refractivity contribution is -0.263. The van der Waals surface area contributed by atoms with E-state index in [1.54, 1.807) is 12.1 Å². The lowest BCUT2D eigenvalue weighted by atomic mass is 9.96. The maximum Gasteiger partial charge on any atom is 0.342 e. The quantitative estimate of drug-likeness (QED) is 0.441. The molecule has 2 rings (SSSR count). The van der Waals surface area contributed by atoms with Gasteiger partial charge >= 0.3 is 23.9 Å². The number of carbonyl (C=O) groups is 5. The summed E-state index contributed by atoms with van der Waals surface area (Å²) in [5.41, 5.74) is 0.0204. The smallest absolute Gasteiger partial charge is 0.342 e. The van der Waals surface area contributed by atoms with Gasteiger partial charge in [-0.25, -0.2) is 4.79 Å². The minimum absolute atomic E-state index is 0.0204. The number of amides is 1. The van der Waals surface area contributed by atoms with Gasteiger partial charge in [-0.05, 0) is 12.1 Å². The van der Waals surface area contributed by atoms with Crippen LogP contribution < -0.4 is 5.32 Å². The second-order valence-electron chi connectivity index (χ2n) is 7.11. The molecular formula is C21H24ClNO10. The van der Waals surface area contributed by atoms with Crippen LogP contribution in [0.25, 0.3) is 0 Å². The van der Waals surface area contributed by atoms with Crippen molar-refractivity contribution < 1.29 is 47.7 Å². The van der Waals surface area contributed by atoms with E-state index in [9.17, 15) is 24.0 Å². The Morgan fingerprint density at radius 1 is 0.909 bits per heavy atom. The van der Waals surface area contributed by atoms with Gasteiger partial charge < -0.3 is 29.0 Å². The van der Waals surface area contributed by atoms with Crippen LogP contribution >= 0.6 is 11.6 Å². The molecule has 1 aliphatic rings. The molecule has 1 heterocycles. The van der Waals surface area contributed by atoms with Crippen LogP contribution in [0.1, 0.15) is 38.1 Å². The van der Waals surface area contributed by atoms with E-state index in [4.69, 9.17) is 35.3 Å². The fourth-order valence-corrected chi connectivity index (χ4v) is 3.40. The molecule has 0 radical (unpaired) electrons. The second-order valence-corrected chi connectivity index (χ2v) is 7.51. The monoisotopic (exact) mass is 485 g/mol. The van der Waals surface area contributed by atoms with E-state index < -0.39 is 67.0 Å². The lowest BCUT2D eigenvalue weighted by Crippen LogP contribution is -2.66. The molecule has 1 aliphatic heterocycles. The topological polar surface area (TPSA) is 144 Å². The summed E-state index contributed by atoms with van der Waals surface area (Å²) in [7, 11) is 0. The van der Waals surface area contributed by atoms with Crippen LogP contribution in [0.5, 0.6) is 0 Å². The highest BCUT2D eigenvalue weighted by molar-refractivity contribution is 6.33. The van der Waals surface area contributed by atoms with Gasteiger partial charge in [0.05, 0.1) is 10.6 Å². The fourth-order valence-electron chi connectivity index (χ4n) is 3.19. The Kier molecular flexibility index (Phi) is 9.18. The van der Waals surface area contributed by atoms with Crippen LogP contribution in [0.15, 0.2) is 24.3 Å². The van der Waals surface area contributed by atoms with E-state index in [1.165, 1.54) is 19.1 Å². The van der Waals surface area contributed by atoms with Crippen molar-refractivity contribution in [3.63, 3.8) is 0 Å². The van der Waals surface area contributed by atoms with Crippen LogP contribution in [-0.4, -0.2) is 67.0 Å². The summed E-state index contributed by atoms with van der Waals surface area (Å²) in [5.74, 6) is -3.63. The van der Waals surface area contributed by atoms with Crippen molar-refractivity contribution in [3.05, 3.63) is 34.9 Å². The Morgan fingerprint density at radius 2 is 1.52 bits per heavy atom. The van der Waals surface area contributed by atoms with E-state index in [-0.39, 0.29) is 10.6 Å². The Hall–Kier alpha value is -3.18. The summed E-state index contributed by atoms with van der Waals surface area (Å²) in [5, 5.41) is 2.61. The molecule has 33 heavy (non-hydrogen) atoms. The summed E-state index contributed by atoms with van der Waals surface area (Å²) in [6.07, 6.45) is -5.35. The van der Waals surface area contributed by atoms with Gasteiger partial charge in [-0.3, -0.25) is 19.2 Å². The number of nitrogens with one attached hydrogen (secondary N) is 1. The third-order valence-electron chi connectivity index (χ3n) is 4.39. The molecule has 0 saturated carbocycles. The first-order valence-corrected chi connectivity index (χ1v) is 10.2. The van der Waals surface area contributed by atoms with Crippen LogP contribution in [0.3, 0.4) is 0 Å². The molecular weight excluding hydrogens is 462 g/mol. The number of benzene rings is 1. The molecule has 1 N–H and O–H groups in total. The summed E-state index contributed by atoms with van der Waals surface area (Å²) in [6, 6.07) is 4.81. The maximum atomic E-state index is 12.7. The molecule has 1 saturated heterocycles. The first-order chi connectivity index (χ1) is 15.5. The van der Waals surface area contributed by atoms with Gasteiger partial charge in [0.1, 0.15) is 18.8 Å². The number of hydrogen-bond donors (Lipinski definition) is 1. The molecule has 0 aliphatic carbocycles. The summed E-state index contributed by atoms with van der Waals surface area (Å²) < 4.78 is 26.8. The minimum Gasteiger partial charge on any atom is -0.463 e. The first kappa shape index (κ1) is 26.1. The van der Waals surface area contributed by atoms with E-state index in [1.807, 2.05) is 0 Å². The van der Waals surface area contributed by atoms with Crippen molar-refractivity contribution in [1.82, 2.24) is 5.32 Å². The van der Waals surface area contributed by atoms with Crippen molar-refractivity contribution in [2.24, 2.45) is 0 Å². The molecule has 0 bridgehead atoms. The zero-order valence-corrected chi connectivity index (χ0v) is 19.1. The van der Waals surface area contributed by atoms with E-state index in [2.05, 4.69) is 5.32 Å². The zero-order valence-electron chi connectivity index (χ0n) is 18.4. The van der Waals surface area contributed by atoms with Crippen LogP contribution in [0, 0.1) is 0 Å². The molecule has 11 nitrogen and oxygen atoms in total. The largest absolute Gasteiger partial charge is 0.463 e. The van der Waals surface area contributed by atoms with Crippen LogP contribution in [0.4, 0.5) is 0 Å². The average Bonchev–Trinajstić information content (AvgIpc) is 2.70. The van der Waals surface area contributed by atoms with E-state index in [0.29, 0.717) is 0 Å². The number of esters is 4. The summed E-state index contributed by atoms with van der Waals surface area (Å²) in [6.45, 7) is 4.14. The molecule has 180 valence electrons. The third kappa shape index (κ3) is 7.43. The fraction of sp³-hybridized carbons (Fsp3) is 0.476. The predicted molar refractivity (Wildman–Crippen MR) is 111 cm³/mol. The highest BCUT2D eigenvalue weighted by atomic mass is 35.5. The molecule has 12 heteroatoms.